The Morgan fingerprint density at radius 3 is 2.52 bits per heavy atom. The van der Waals surface area contributed by atoms with E-state index >= 15 is 0 Å². The fourth-order valence-electron chi connectivity index (χ4n) is 3.32. The number of rotatable bonds is 15. The maximum atomic E-state index is 12.7. The van der Waals surface area contributed by atoms with E-state index in [0.29, 0.717) is 38.3 Å². The zero-order valence-electron chi connectivity index (χ0n) is 18.3. The van der Waals surface area contributed by atoms with Crippen molar-refractivity contribution >= 4 is 17.6 Å². The van der Waals surface area contributed by atoms with E-state index in [0.717, 1.165) is 25.3 Å². The second-order valence-electron chi connectivity index (χ2n) is 7.88. The van der Waals surface area contributed by atoms with Gasteiger partial charge in [-0.1, -0.05) is 0 Å². The lowest BCUT2D eigenvalue weighted by Crippen LogP contribution is -2.50. The van der Waals surface area contributed by atoms with Gasteiger partial charge in [-0.3, -0.25) is 14.9 Å². The van der Waals surface area contributed by atoms with Crippen LogP contribution in [-0.2, 0) is 9.59 Å². The number of anilines is 1. The predicted octanol–water partition coefficient (Wildman–Crippen LogP) is 1.24. The summed E-state index contributed by atoms with van der Waals surface area (Å²) >= 11 is 0. The van der Waals surface area contributed by atoms with Crippen molar-refractivity contribution in [3.8, 4) is 5.75 Å². The topological polar surface area (TPSA) is 123 Å². The number of nitrogens with zero attached hydrogens (tertiary/aromatic N) is 1. The predicted molar refractivity (Wildman–Crippen MR) is 119 cm³/mol. The fraction of sp³-hybridized carbons (Fsp3) is 0.636. The van der Waals surface area contributed by atoms with Gasteiger partial charge >= 0.3 is 5.97 Å². The van der Waals surface area contributed by atoms with Crippen molar-refractivity contribution in [2.45, 2.75) is 51.3 Å². The van der Waals surface area contributed by atoms with Crippen molar-refractivity contribution in [1.29, 1.82) is 0 Å². The van der Waals surface area contributed by atoms with Gasteiger partial charge in [0.1, 0.15) is 5.75 Å². The number of aliphatic hydroxyl groups excluding tert-OH is 1. The van der Waals surface area contributed by atoms with E-state index in [2.05, 4.69) is 20.9 Å². The number of carboxylic acid groups (broad SMARTS) is 1. The van der Waals surface area contributed by atoms with E-state index in [1.807, 2.05) is 12.1 Å². The molecule has 0 saturated carbocycles. The van der Waals surface area contributed by atoms with Crippen LogP contribution in [0.3, 0.4) is 0 Å². The molecular weight excluding hydrogens is 400 g/mol. The first-order chi connectivity index (χ1) is 14.9. The molecule has 5 N–H and O–H groups in total. The number of carbonyl (C=O) groups excluding carboxylic acids is 1. The summed E-state index contributed by atoms with van der Waals surface area (Å²) < 4.78 is 5.54. The Balaban J connectivity index is 1.83. The molecule has 1 aromatic carbocycles. The molecule has 0 aromatic heterocycles. The number of ether oxygens (including phenoxy) is 1. The third-order valence-electron chi connectivity index (χ3n) is 5.07. The van der Waals surface area contributed by atoms with Crippen molar-refractivity contribution < 1.29 is 24.5 Å². The first-order valence-corrected chi connectivity index (χ1v) is 11.1. The van der Waals surface area contributed by atoms with Crippen LogP contribution in [0.1, 0.15) is 39.0 Å². The summed E-state index contributed by atoms with van der Waals surface area (Å²) in [5.74, 6) is -0.334. The van der Waals surface area contributed by atoms with Gasteiger partial charge in [0, 0.05) is 25.2 Å². The summed E-state index contributed by atoms with van der Waals surface area (Å²) in [6.07, 6.45) is 2.44. The van der Waals surface area contributed by atoms with Gasteiger partial charge in [-0.05, 0) is 76.5 Å². The van der Waals surface area contributed by atoms with E-state index < -0.39 is 18.2 Å². The van der Waals surface area contributed by atoms with Crippen LogP contribution in [0.25, 0.3) is 0 Å². The molecule has 1 amide bonds. The molecule has 1 aliphatic heterocycles. The molecule has 1 saturated heterocycles. The van der Waals surface area contributed by atoms with Crippen LogP contribution >= 0.6 is 0 Å². The largest absolute Gasteiger partial charge is 0.494 e. The molecule has 1 aromatic rings. The highest BCUT2D eigenvalue weighted by atomic mass is 16.5. The molecule has 0 aliphatic carbocycles. The average molecular weight is 437 g/mol. The number of benzene rings is 1. The van der Waals surface area contributed by atoms with Gasteiger partial charge in [0.15, 0.2) is 6.17 Å². The minimum atomic E-state index is -0.837. The number of likely N-dealkylation sites (tertiary alicyclic amines) is 1. The molecule has 9 heteroatoms. The van der Waals surface area contributed by atoms with E-state index in [9.17, 15) is 14.7 Å². The number of aliphatic carboxylic acids is 1. The molecule has 0 radical (unpaired) electrons. The van der Waals surface area contributed by atoms with E-state index in [1.165, 1.54) is 12.8 Å². The highest BCUT2D eigenvalue weighted by Crippen LogP contribution is 2.16. The number of hydrogen-bond donors (Lipinski definition) is 5. The quantitative estimate of drug-likeness (QED) is 0.206. The molecule has 31 heavy (non-hydrogen) atoms. The number of carbonyl (C=O) groups is 2. The number of carboxylic acids is 1. The standard InChI is InChI=1S/C22H36N4O5/c1-17(27)10-11-23-21(22(30)24-12-15-26-13-2-3-14-26)25-18-6-8-19(9-7-18)31-16-4-5-20(28)29/h6-9,17,21,23,25,27H,2-5,10-16H2,1H3,(H,24,30)(H,28,29). The van der Waals surface area contributed by atoms with Gasteiger partial charge in [0.25, 0.3) is 5.91 Å². The van der Waals surface area contributed by atoms with Crippen LogP contribution in [0, 0.1) is 0 Å². The van der Waals surface area contributed by atoms with Crippen molar-refractivity contribution in [3.63, 3.8) is 0 Å². The molecule has 0 bridgehead atoms. The first-order valence-electron chi connectivity index (χ1n) is 11.1. The number of hydrogen-bond acceptors (Lipinski definition) is 7. The zero-order valence-corrected chi connectivity index (χ0v) is 18.3. The summed E-state index contributed by atoms with van der Waals surface area (Å²) in [5, 5.41) is 27.5. The Kier molecular flexibility index (Phi) is 11.1. The lowest BCUT2D eigenvalue weighted by Gasteiger charge is -2.22. The van der Waals surface area contributed by atoms with E-state index in [4.69, 9.17) is 9.84 Å². The van der Waals surface area contributed by atoms with Crippen molar-refractivity contribution in [2.24, 2.45) is 0 Å². The van der Waals surface area contributed by atoms with Crippen molar-refractivity contribution in [1.82, 2.24) is 15.5 Å². The Morgan fingerprint density at radius 1 is 1.16 bits per heavy atom. The lowest BCUT2D eigenvalue weighted by atomic mass is 10.2. The second kappa shape index (κ2) is 13.8. The van der Waals surface area contributed by atoms with Gasteiger partial charge in [-0.2, -0.15) is 0 Å². The van der Waals surface area contributed by atoms with Crippen LogP contribution in [0.15, 0.2) is 24.3 Å². The first kappa shape index (κ1) is 24.9. The van der Waals surface area contributed by atoms with Gasteiger partial charge in [0.05, 0.1) is 12.7 Å². The molecule has 174 valence electrons. The molecule has 0 spiro atoms. The molecule has 9 nitrogen and oxygen atoms in total. The number of amides is 1. The zero-order chi connectivity index (χ0) is 22.5. The molecule has 2 atom stereocenters. The van der Waals surface area contributed by atoms with Crippen LogP contribution < -0.4 is 20.7 Å². The third-order valence-corrected chi connectivity index (χ3v) is 5.07. The van der Waals surface area contributed by atoms with Crippen LogP contribution in [0.2, 0.25) is 0 Å². The fourth-order valence-corrected chi connectivity index (χ4v) is 3.32. The van der Waals surface area contributed by atoms with E-state index in [-0.39, 0.29) is 12.3 Å². The average Bonchev–Trinajstić information content (AvgIpc) is 3.24. The second-order valence-corrected chi connectivity index (χ2v) is 7.88. The minimum Gasteiger partial charge on any atom is -0.494 e. The summed E-state index contributed by atoms with van der Waals surface area (Å²) in [7, 11) is 0. The maximum Gasteiger partial charge on any atom is 0.303 e. The normalized spacial score (nSPS) is 15.9. The monoisotopic (exact) mass is 436 g/mol. The number of nitrogens with one attached hydrogen (secondary N) is 3. The Hall–Kier alpha value is -2.36. The number of aliphatic hydroxyl groups is 1. The molecule has 2 unspecified atom stereocenters. The van der Waals surface area contributed by atoms with Gasteiger partial charge in [-0.15, -0.1) is 0 Å². The highest BCUT2D eigenvalue weighted by molar-refractivity contribution is 5.84. The SMILES string of the molecule is CC(O)CCNC(Nc1ccc(OCCCC(=O)O)cc1)C(=O)NCCN1CCCC1. The van der Waals surface area contributed by atoms with Gasteiger partial charge in [-0.25, -0.2) is 0 Å². The Bertz CT molecular complexity index is 662. The molecule has 2 rings (SSSR count). The summed E-state index contributed by atoms with van der Waals surface area (Å²) in [5.41, 5.74) is 0.752. The Labute approximate surface area is 184 Å². The third kappa shape index (κ3) is 10.5. The lowest BCUT2D eigenvalue weighted by molar-refractivity contribution is -0.137. The maximum absolute atomic E-state index is 12.7. The van der Waals surface area contributed by atoms with Crippen LogP contribution in [-0.4, -0.2) is 78.6 Å². The van der Waals surface area contributed by atoms with Crippen LogP contribution in [0.4, 0.5) is 5.69 Å². The Morgan fingerprint density at radius 2 is 1.87 bits per heavy atom. The highest BCUT2D eigenvalue weighted by Gasteiger charge is 2.18. The van der Waals surface area contributed by atoms with Crippen molar-refractivity contribution in [3.05, 3.63) is 24.3 Å². The summed E-state index contributed by atoms with van der Waals surface area (Å²) in [6.45, 7) is 6.18. The van der Waals surface area contributed by atoms with Gasteiger partial charge in [0.2, 0.25) is 0 Å². The summed E-state index contributed by atoms with van der Waals surface area (Å²) in [6, 6.07) is 7.18. The van der Waals surface area contributed by atoms with E-state index in [1.54, 1.807) is 19.1 Å². The smallest absolute Gasteiger partial charge is 0.303 e. The minimum absolute atomic E-state index is 0.0757. The molecule has 1 fully saturated rings. The van der Waals surface area contributed by atoms with Gasteiger partial charge < -0.3 is 30.5 Å². The molecule has 1 aliphatic rings. The van der Waals surface area contributed by atoms with Crippen molar-refractivity contribution in [2.75, 3.05) is 44.6 Å². The molecule has 1 heterocycles. The molecular formula is C22H36N4O5. The summed E-state index contributed by atoms with van der Waals surface area (Å²) in [4.78, 5) is 25.6. The van der Waals surface area contributed by atoms with Crippen LogP contribution in [0.5, 0.6) is 5.75 Å².